The Labute approximate surface area is 182 Å². The van der Waals surface area contributed by atoms with E-state index in [0.29, 0.717) is 15.3 Å². The molecular weight excluding hydrogens is 440 g/mol. The van der Waals surface area contributed by atoms with Gasteiger partial charge in [-0.25, -0.2) is 9.97 Å². The van der Waals surface area contributed by atoms with Crippen LogP contribution in [0.3, 0.4) is 0 Å². The molecule has 0 aliphatic carbocycles. The van der Waals surface area contributed by atoms with E-state index in [-0.39, 0.29) is 18.0 Å². The maximum atomic E-state index is 13.0. The molecule has 0 fully saturated rings. The normalized spacial score (nSPS) is 11.2. The van der Waals surface area contributed by atoms with Crippen LogP contribution < -0.4 is 15.6 Å². The molecule has 0 aliphatic heterocycles. The number of amides is 1. The van der Waals surface area contributed by atoms with Crippen molar-refractivity contribution in [1.29, 1.82) is 0 Å². The van der Waals surface area contributed by atoms with Crippen molar-refractivity contribution in [2.24, 2.45) is 0 Å². The lowest BCUT2D eigenvalue weighted by Crippen LogP contribution is -2.27. The van der Waals surface area contributed by atoms with Crippen LogP contribution in [0.5, 0.6) is 5.75 Å². The summed E-state index contributed by atoms with van der Waals surface area (Å²) in [6.45, 7) is -0.138. The molecular formula is C20H14N4O3S3. The first-order chi connectivity index (χ1) is 14.6. The number of ether oxygens (including phenoxy) is 1. The summed E-state index contributed by atoms with van der Waals surface area (Å²) >= 11 is 4.34. The van der Waals surface area contributed by atoms with Crippen LogP contribution in [0.15, 0.2) is 52.2 Å². The maximum Gasteiger partial charge on any atom is 0.263 e. The molecule has 1 amide bonds. The average Bonchev–Trinajstić information content (AvgIpc) is 3.48. The minimum Gasteiger partial charge on any atom is -0.497 e. The van der Waals surface area contributed by atoms with Crippen LogP contribution in [0, 0.1) is 0 Å². The summed E-state index contributed by atoms with van der Waals surface area (Å²) in [6, 6.07) is 9.44. The zero-order valence-electron chi connectivity index (χ0n) is 15.6. The predicted octanol–water partition coefficient (Wildman–Crippen LogP) is 4.44. The summed E-state index contributed by atoms with van der Waals surface area (Å²) in [5.74, 6) is 0.393. The molecule has 0 unspecified atom stereocenters. The Balaban J connectivity index is 1.41. The average molecular weight is 455 g/mol. The minimum atomic E-state index is -0.336. The largest absolute Gasteiger partial charge is 0.497 e. The molecule has 0 radical (unpaired) electrons. The number of hydrogen-bond donors (Lipinski definition) is 1. The van der Waals surface area contributed by atoms with Crippen molar-refractivity contribution in [2.75, 3.05) is 12.4 Å². The Morgan fingerprint density at radius 3 is 2.97 bits per heavy atom. The van der Waals surface area contributed by atoms with Gasteiger partial charge in [-0.1, -0.05) is 17.4 Å². The topological polar surface area (TPSA) is 86.1 Å². The highest BCUT2D eigenvalue weighted by molar-refractivity contribution is 7.22. The Morgan fingerprint density at radius 2 is 2.17 bits per heavy atom. The highest BCUT2D eigenvalue weighted by Crippen LogP contribution is 2.33. The summed E-state index contributed by atoms with van der Waals surface area (Å²) < 4.78 is 7.46. The van der Waals surface area contributed by atoms with Gasteiger partial charge in [0.2, 0.25) is 5.91 Å². The summed E-state index contributed by atoms with van der Waals surface area (Å²) in [5.41, 5.74) is 1.40. The lowest BCUT2D eigenvalue weighted by atomic mass is 10.2. The number of methoxy groups -OCH3 is 1. The van der Waals surface area contributed by atoms with Gasteiger partial charge in [0.05, 0.1) is 29.0 Å². The Hall–Kier alpha value is -3.08. The van der Waals surface area contributed by atoms with Gasteiger partial charge < -0.3 is 10.1 Å². The molecule has 4 heterocycles. The molecule has 0 atom stereocenters. The van der Waals surface area contributed by atoms with Crippen LogP contribution in [0.2, 0.25) is 0 Å². The molecule has 0 saturated carbocycles. The molecule has 0 aliphatic rings. The number of carbonyl (C=O) groups is 1. The Kier molecular flexibility index (Phi) is 4.81. The van der Waals surface area contributed by atoms with E-state index in [1.165, 1.54) is 33.6 Å². The zero-order chi connectivity index (χ0) is 20.7. The molecule has 5 rings (SSSR count). The number of rotatable bonds is 5. The second kappa shape index (κ2) is 7.63. The standard InChI is InChI=1S/C20H14N4O3S3/c1-27-11-4-5-13-15(7-11)30-20(22-13)23-16(25)8-24-10-21-18-17(19(24)26)12(9-29-18)14-3-2-6-28-14/h2-7,9-10H,8H2,1H3,(H,22,23,25). The third-order valence-electron chi connectivity index (χ3n) is 4.50. The van der Waals surface area contributed by atoms with E-state index in [1.807, 2.05) is 41.1 Å². The van der Waals surface area contributed by atoms with Gasteiger partial charge in [0.25, 0.3) is 5.56 Å². The van der Waals surface area contributed by atoms with E-state index in [4.69, 9.17) is 4.74 Å². The molecule has 0 saturated heterocycles. The van der Waals surface area contributed by atoms with E-state index in [0.717, 1.165) is 26.4 Å². The molecule has 150 valence electrons. The highest BCUT2D eigenvalue weighted by atomic mass is 32.1. The van der Waals surface area contributed by atoms with Crippen molar-refractivity contribution in [2.45, 2.75) is 6.54 Å². The van der Waals surface area contributed by atoms with Crippen molar-refractivity contribution in [1.82, 2.24) is 14.5 Å². The lowest BCUT2D eigenvalue weighted by molar-refractivity contribution is -0.116. The fraction of sp³-hybridized carbons (Fsp3) is 0.100. The van der Waals surface area contributed by atoms with Crippen molar-refractivity contribution in [3.8, 4) is 16.2 Å². The van der Waals surface area contributed by atoms with Gasteiger partial charge in [0.1, 0.15) is 17.1 Å². The van der Waals surface area contributed by atoms with Crippen molar-refractivity contribution >= 4 is 65.5 Å². The Morgan fingerprint density at radius 1 is 1.27 bits per heavy atom. The molecule has 0 spiro atoms. The minimum absolute atomic E-state index is 0.138. The first-order valence-corrected chi connectivity index (χ1v) is 11.4. The quantitative estimate of drug-likeness (QED) is 0.424. The first-order valence-electron chi connectivity index (χ1n) is 8.87. The SMILES string of the molecule is COc1ccc2nc(NC(=O)Cn3cnc4scc(-c5cccs5)c4c3=O)sc2c1. The van der Waals surface area contributed by atoms with Crippen LogP contribution in [-0.2, 0) is 11.3 Å². The van der Waals surface area contributed by atoms with Gasteiger partial charge in [-0.15, -0.1) is 22.7 Å². The molecule has 0 bridgehead atoms. The molecule has 4 aromatic heterocycles. The number of hydrogen-bond acceptors (Lipinski definition) is 8. The number of nitrogens with one attached hydrogen (secondary N) is 1. The molecule has 10 heteroatoms. The smallest absolute Gasteiger partial charge is 0.263 e. The fourth-order valence-corrected chi connectivity index (χ4v) is 5.72. The van der Waals surface area contributed by atoms with Gasteiger partial charge in [0, 0.05) is 15.8 Å². The molecule has 5 aromatic rings. The van der Waals surface area contributed by atoms with E-state index >= 15 is 0 Å². The predicted molar refractivity (Wildman–Crippen MR) is 122 cm³/mol. The molecule has 30 heavy (non-hydrogen) atoms. The number of carbonyl (C=O) groups excluding carboxylic acids is 1. The van der Waals surface area contributed by atoms with Crippen molar-refractivity contribution in [3.05, 3.63) is 57.8 Å². The lowest BCUT2D eigenvalue weighted by Gasteiger charge is -2.05. The second-order valence-corrected chi connectivity index (χ2v) is 9.22. The van der Waals surface area contributed by atoms with Gasteiger partial charge in [0.15, 0.2) is 5.13 Å². The molecule has 7 nitrogen and oxygen atoms in total. The number of thiazole rings is 1. The number of benzene rings is 1. The van der Waals surface area contributed by atoms with Crippen molar-refractivity contribution in [3.63, 3.8) is 0 Å². The monoisotopic (exact) mass is 454 g/mol. The van der Waals surface area contributed by atoms with E-state index in [1.54, 1.807) is 18.4 Å². The van der Waals surface area contributed by atoms with Gasteiger partial charge in [-0.2, -0.15) is 0 Å². The Bertz CT molecular complexity index is 1430. The number of anilines is 1. The number of nitrogens with zero attached hydrogens (tertiary/aromatic N) is 3. The van der Waals surface area contributed by atoms with E-state index in [2.05, 4.69) is 15.3 Å². The highest BCUT2D eigenvalue weighted by Gasteiger charge is 2.16. The van der Waals surface area contributed by atoms with Crippen LogP contribution in [0.4, 0.5) is 5.13 Å². The van der Waals surface area contributed by atoms with E-state index in [9.17, 15) is 9.59 Å². The van der Waals surface area contributed by atoms with Crippen LogP contribution >= 0.6 is 34.0 Å². The second-order valence-electron chi connectivity index (χ2n) is 6.39. The van der Waals surface area contributed by atoms with Crippen LogP contribution in [0.1, 0.15) is 0 Å². The van der Waals surface area contributed by atoms with Crippen LogP contribution in [-0.4, -0.2) is 27.6 Å². The summed E-state index contributed by atoms with van der Waals surface area (Å²) in [5, 5.41) is 7.69. The molecule has 1 aromatic carbocycles. The van der Waals surface area contributed by atoms with Crippen molar-refractivity contribution < 1.29 is 9.53 Å². The summed E-state index contributed by atoms with van der Waals surface area (Å²) in [7, 11) is 1.60. The summed E-state index contributed by atoms with van der Waals surface area (Å²) in [4.78, 5) is 36.1. The third kappa shape index (κ3) is 3.38. The third-order valence-corrected chi connectivity index (χ3v) is 7.23. The van der Waals surface area contributed by atoms with E-state index < -0.39 is 0 Å². The maximum absolute atomic E-state index is 13.0. The number of thiophene rings is 2. The fourth-order valence-electron chi connectivity index (χ4n) is 3.09. The van der Waals surface area contributed by atoms with Crippen LogP contribution in [0.25, 0.3) is 30.9 Å². The number of fused-ring (bicyclic) bond motifs is 2. The first kappa shape index (κ1) is 18.9. The van der Waals surface area contributed by atoms with Gasteiger partial charge in [-0.05, 0) is 29.6 Å². The zero-order valence-corrected chi connectivity index (χ0v) is 18.1. The van der Waals surface area contributed by atoms with Gasteiger partial charge in [-0.3, -0.25) is 14.2 Å². The molecule has 1 N–H and O–H groups in total. The summed E-state index contributed by atoms with van der Waals surface area (Å²) in [6.07, 6.45) is 1.42. The van der Waals surface area contributed by atoms with Gasteiger partial charge >= 0.3 is 0 Å². The number of aromatic nitrogens is 3.